The first kappa shape index (κ1) is 23.1. The van der Waals surface area contributed by atoms with Crippen LogP contribution in [0.25, 0.3) is 0 Å². The van der Waals surface area contributed by atoms with Crippen LogP contribution in [-0.4, -0.2) is 6.29 Å². The van der Waals surface area contributed by atoms with Crippen LogP contribution >= 0.6 is 0 Å². The van der Waals surface area contributed by atoms with Crippen molar-refractivity contribution in [3.05, 3.63) is 0 Å². The van der Waals surface area contributed by atoms with Crippen LogP contribution in [0.15, 0.2) is 0 Å². The normalized spacial score (nSPS) is 5.08. The first-order chi connectivity index (χ1) is 5.33. The zero-order valence-electron chi connectivity index (χ0n) is 6.61. The van der Waals surface area contributed by atoms with Crippen LogP contribution in [0.4, 0.5) is 0 Å². The summed E-state index contributed by atoms with van der Waals surface area (Å²) >= 11 is -1.67. The Hall–Kier alpha value is 1.06. The third-order valence-electron chi connectivity index (χ3n) is 0.632. The molecule has 0 saturated heterocycles. The van der Waals surface area contributed by atoms with Gasteiger partial charge in [0, 0.05) is 18.6 Å². The van der Waals surface area contributed by atoms with Crippen LogP contribution in [0.2, 0.25) is 0 Å². The van der Waals surface area contributed by atoms with Crippen molar-refractivity contribution in [2.75, 3.05) is 0 Å². The summed E-state index contributed by atoms with van der Waals surface area (Å²) in [5.41, 5.74) is 0. The van der Waals surface area contributed by atoms with Gasteiger partial charge < -0.3 is 4.79 Å². The van der Waals surface area contributed by atoms with Crippen molar-refractivity contribution < 1.29 is 72.3 Å². The molecule has 0 saturated carbocycles. The topological polar surface area (TPSA) is 68.3 Å². The quantitative estimate of drug-likeness (QED) is 0.390. The Morgan fingerprint density at radius 3 is 1.75 bits per heavy atom. The average Bonchev–Trinajstić information content (AvgIpc) is 2.06. The summed E-state index contributed by atoms with van der Waals surface area (Å²) in [5, 5.41) is 0. The average molecular weight is 416 g/mol. The van der Waals surface area contributed by atoms with E-state index >= 15 is 0 Å². The number of hydrogen-bond donors (Lipinski definition) is 0. The third kappa shape index (κ3) is 67.9. The monoisotopic (exact) mass is 416 g/mol. The van der Waals surface area contributed by atoms with Crippen molar-refractivity contribution in [2.24, 2.45) is 0 Å². The largest absolute Gasteiger partial charge is 0 e. The molecule has 0 aromatic carbocycles. The smallest absolute Gasteiger partial charge is 0 e. The van der Waals surface area contributed by atoms with Gasteiger partial charge in [0.25, 0.3) is 0 Å². The molecule has 0 unspecified atom stereocenters. The van der Waals surface area contributed by atoms with E-state index in [-0.39, 0.29) is 18.6 Å². The first-order valence-electron chi connectivity index (χ1n) is 2.84. The molecule has 1 radical (unpaired) electrons. The Morgan fingerprint density at radius 1 is 1.33 bits per heavy atom. The van der Waals surface area contributed by atoms with Crippen molar-refractivity contribution in [3.63, 3.8) is 0 Å². The Labute approximate surface area is 104 Å². The second kappa shape index (κ2) is 40.2. The van der Waals surface area contributed by atoms with Crippen molar-refractivity contribution in [3.8, 4) is 0 Å². The molecule has 12 heavy (non-hydrogen) atoms. The molecule has 0 aromatic heterocycles. The molecule has 0 N–H and O–H groups in total. The molecule has 7 heteroatoms. The van der Waals surface area contributed by atoms with E-state index in [1.165, 1.54) is 0 Å². The van der Waals surface area contributed by atoms with Gasteiger partial charge in [-0.1, -0.05) is 19.8 Å². The van der Waals surface area contributed by atoms with Crippen LogP contribution in [0.3, 0.4) is 0 Å². The summed E-state index contributed by atoms with van der Waals surface area (Å²) in [6, 6.07) is 0. The van der Waals surface area contributed by atoms with Gasteiger partial charge in [-0.2, -0.15) is 6.42 Å². The van der Waals surface area contributed by atoms with E-state index in [9.17, 15) is 4.79 Å². The second-order valence-corrected chi connectivity index (χ2v) is 1.59. The number of rotatable bonds is 3. The summed E-state index contributed by atoms with van der Waals surface area (Å²) in [7, 11) is 0. The molecule has 0 aromatic rings. The molecule has 0 aliphatic heterocycles. The fraction of sp³-hybridized carbons (Fsp3) is 0.800. The van der Waals surface area contributed by atoms with E-state index in [0.29, 0.717) is 26.2 Å². The summed E-state index contributed by atoms with van der Waals surface area (Å²) in [6.45, 7) is 2.05. The van der Waals surface area contributed by atoms with Gasteiger partial charge in [0.2, 0.25) is 0 Å². The van der Waals surface area contributed by atoms with Gasteiger partial charge in [-0.15, -0.1) is 0 Å². The summed E-state index contributed by atoms with van der Waals surface area (Å²) in [5.74, 6) is 0. The Kier molecular flexibility index (Phi) is 77.5. The maximum atomic E-state index is 9.44. The maximum Gasteiger partial charge on any atom is 0 e. The maximum absolute atomic E-state index is 9.44. The minimum Gasteiger partial charge on any atom is 0 e. The molecular formula is C5H9O4TiVW-. The summed E-state index contributed by atoms with van der Waals surface area (Å²) in [4.78, 5) is 9.44. The van der Waals surface area contributed by atoms with E-state index in [0.717, 1.165) is 12.8 Å². The molecule has 0 spiro atoms. The van der Waals surface area contributed by atoms with Gasteiger partial charge in [0.05, 0.1) is 0 Å². The summed E-state index contributed by atoms with van der Waals surface area (Å²) < 4.78 is 25.3. The van der Waals surface area contributed by atoms with Gasteiger partial charge in [-0.3, -0.25) is 6.29 Å². The number of unbranched alkanes of at least 4 members (excludes halogenated alkanes) is 2. The van der Waals surface area contributed by atoms with Gasteiger partial charge in [0.1, 0.15) is 0 Å². The molecule has 0 amide bonds. The van der Waals surface area contributed by atoms with Crippen LogP contribution in [0.5, 0.6) is 0 Å². The van der Waals surface area contributed by atoms with E-state index in [1.807, 2.05) is 6.29 Å². The zero-order valence-corrected chi connectivity index (χ0v) is 12.5. The molecule has 0 aliphatic rings. The van der Waals surface area contributed by atoms with Crippen molar-refractivity contribution in [1.82, 2.24) is 0 Å². The molecule has 69 valence electrons. The minimum atomic E-state index is -2.00. The standard InChI is InChI=1S/C5H9O.3O.Ti.V.W/c1-2-3-4-5-6;;;;;;/h2-4H2,1H3;;;;;;/q-1;;;;;;. The van der Waals surface area contributed by atoms with Gasteiger partial charge in [-0.05, 0) is 0 Å². The molecule has 0 aliphatic carbocycles. The molecule has 0 rings (SSSR count). The van der Waals surface area contributed by atoms with Crippen LogP contribution in [-0.2, 0) is 72.3 Å². The molecule has 4 nitrogen and oxygen atoms in total. The van der Waals surface area contributed by atoms with Gasteiger partial charge in [0.15, 0.2) is 0 Å². The van der Waals surface area contributed by atoms with Crippen molar-refractivity contribution in [1.29, 1.82) is 0 Å². The molecule has 0 bridgehead atoms. The predicted octanol–water partition coefficient (Wildman–Crippen LogP) is 0.922. The molecular weight excluding hydrogens is 407 g/mol. The Bertz CT molecular complexity index is 108. The van der Waals surface area contributed by atoms with Gasteiger partial charge >= 0.3 is 48.9 Å². The van der Waals surface area contributed by atoms with Crippen LogP contribution < -0.4 is 0 Å². The van der Waals surface area contributed by atoms with Crippen LogP contribution in [0.1, 0.15) is 26.2 Å². The van der Waals surface area contributed by atoms with Gasteiger partial charge in [-0.25, -0.2) is 0 Å². The predicted molar refractivity (Wildman–Crippen MR) is 27.3 cm³/mol. The second-order valence-electron chi connectivity index (χ2n) is 1.33. The first-order valence-corrected chi connectivity index (χ1v) is 5.31. The van der Waals surface area contributed by atoms with E-state index in [2.05, 4.69) is 6.92 Å². The fourth-order valence-corrected chi connectivity index (χ4v) is 0.249. The van der Waals surface area contributed by atoms with Crippen LogP contribution in [0, 0.1) is 0 Å². The SMILES string of the molecule is CCCC[C-]=O.[O]=[Ti]=[O].[O]=[W].[V]. The fourth-order valence-electron chi connectivity index (χ4n) is 0.249. The third-order valence-corrected chi connectivity index (χ3v) is 0.632. The van der Waals surface area contributed by atoms with Crippen molar-refractivity contribution >= 4 is 6.29 Å². The number of hydrogen-bond acceptors (Lipinski definition) is 4. The number of carbonyl (C=O) groups excluding carboxylic acids is 1. The van der Waals surface area contributed by atoms with E-state index in [1.54, 1.807) is 0 Å². The molecule has 0 atom stereocenters. The molecule has 0 heterocycles. The zero-order chi connectivity index (χ0) is 9.54. The van der Waals surface area contributed by atoms with E-state index < -0.39 is 19.1 Å². The van der Waals surface area contributed by atoms with Crippen molar-refractivity contribution in [2.45, 2.75) is 26.2 Å². The Balaban J connectivity index is -0.0000000462. The minimum absolute atomic E-state index is 0. The molecule has 0 fully saturated rings. The Morgan fingerprint density at radius 2 is 1.67 bits per heavy atom. The summed E-state index contributed by atoms with van der Waals surface area (Å²) in [6.07, 6.45) is 4.51. The van der Waals surface area contributed by atoms with E-state index in [4.69, 9.17) is 10.0 Å².